The van der Waals surface area contributed by atoms with Gasteiger partial charge in [-0.1, -0.05) is 12.1 Å². The average molecular weight is 1030 g/mol. The van der Waals surface area contributed by atoms with Gasteiger partial charge in [0.05, 0.1) is 55.6 Å². The van der Waals surface area contributed by atoms with Crippen LogP contribution in [-0.4, -0.2) is 102 Å². The van der Waals surface area contributed by atoms with Crippen LogP contribution >= 0.6 is 18.9 Å². The van der Waals surface area contributed by atoms with Crippen LogP contribution in [-0.2, 0) is 59.4 Å². The Morgan fingerprint density at radius 1 is 0.732 bits per heavy atom. The molecule has 4 aromatic carbocycles. The van der Waals surface area contributed by atoms with Crippen LogP contribution in [0.2, 0.25) is 0 Å². The molecule has 0 aliphatic carbocycles. The zero-order valence-electron chi connectivity index (χ0n) is 36.8. The molecule has 71 heavy (non-hydrogen) atoms. The largest absolute Gasteiger partial charge is 0.493 e. The van der Waals surface area contributed by atoms with Crippen LogP contribution in [0.4, 0.5) is 4.39 Å². The van der Waals surface area contributed by atoms with Gasteiger partial charge in [0.25, 0.3) is 21.8 Å². The molecule has 7 rings (SSSR count). The number of hydrogen-bond donors (Lipinski definition) is 8. The van der Waals surface area contributed by atoms with Crippen LogP contribution in [0.15, 0.2) is 64.9 Å². The first-order chi connectivity index (χ1) is 33.7. The van der Waals surface area contributed by atoms with E-state index in [1.807, 2.05) is 4.72 Å². The van der Waals surface area contributed by atoms with Gasteiger partial charge in [-0.15, -0.1) is 11.3 Å². The number of carbonyl (C=O) groups is 6. The number of ether oxygens (including phenoxy) is 2. The fraction of sp³-hybridized carbons (Fsp3) is 0.239. The fourth-order valence-electron chi connectivity index (χ4n) is 8.04. The van der Waals surface area contributed by atoms with Crippen molar-refractivity contribution < 1.29 is 85.5 Å². The molecule has 1 unspecified atom stereocenters. The molecule has 0 fully saturated rings. The van der Waals surface area contributed by atoms with Gasteiger partial charge < -0.3 is 50.0 Å². The standard InChI is InChI=1S/C46H40FN4O17PS2/c47-34-14-25(5-3-24(34)21-48)68-69(62,63)22-51-71(64,65)42-8-7-37(70-42)23-4-6-26(28-15-35-32(19-40(56)57)43(30(28)17-38(52)53)45(60)49-9-1-11-66-35)27(13-23)29-16-36-33(20-41(58)59)44(31(29)18-39(54)55)46(61)50-10-2-12-67-36/h3-8,13-16,51H,1-2,9-12,17-20,22H2,(H,49,60)(H,50,61)(H,52,53)(H,54,55)(H,56,57)(H,58,59)(H,62,63). The Morgan fingerprint density at radius 3 is 1.76 bits per heavy atom. The number of rotatable bonds is 17. The summed E-state index contributed by atoms with van der Waals surface area (Å²) in [5.41, 5.74) is -1.38. The highest BCUT2D eigenvalue weighted by Crippen LogP contribution is 2.47. The van der Waals surface area contributed by atoms with Crippen molar-refractivity contribution >= 4 is 64.6 Å². The normalized spacial score (nSPS) is 14.4. The van der Waals surface area contributed by atoms with E-state index in [-0.39, 0.29) is 126 Å². The zero-order chi connectivity index (χ0) is 51.4. The molecule has 1 aromatic heterocycles. The second kappa shape index (κ2) is 21.1. The lowest BCUT2D eigenvalue weighted by molar-refractivity contribution is -0.137. The molecule has 25 heteroatoms. The summed E-state index contributed by atoms with van der Waals surface area (Å²) in [7, 11) is -9.43. The number of carbonyl (C=O) groups excluding carboxylic acids is 2. The molecule has 0 saturated carbocycles. The summed E-state index contributed by atoms with van der Waals surface area (Å²) in [6.07, 6.45) is -3.93. The van der Waals surface area contributed by atoms with Gasteiger partial charge in [0.15, 0.2) is 0 Å². The Hall–Kier alpha value is -7.68. The van der Waals surface area contributed by atoms with Crippen molar-refractivity contribution in [2.45, 2.75) is 42.7 Å². The van der Waals surface area contributed by atoms with Crippen molar-refractivity contribution in [3.05, 3.63) is 105 Å². The molecule has 2 aliphatic rings. The van der Waals surface area contributed by atoms with Gasteiger partial charge in [-0.25, -0.2) is 17.4 Å². The molecule has 5 aromatic rings. The lowest BCUT2D eigenvalue weighted by Gasteiger charge is -2.24. The minimum Gasteiger partial charge on any atom is -0.493 e. The van der Waals surface area contributed by atoms with Gasteiger partial charge in [-0.05, 0) is 94.3 Å². The molecule has 0 spiro atoms. The highest BCUT2D eigenvalue weighted by atomic mass is 32.2. The predicted molar refractivity (Wildman–Crippen MR) is 248 cm³/mol. The number of nitrogens with zero attached hydrogens (tertiary/aromatic N) is 1. The number of nitriles is 1. The number of sulfonamides is 1. The number of carboxylic acid groups (broad SMARTS) is 4. The van der Waals surface area contributed by atoms with Gasteiger partial charge in [0, 0.05) is 35.2 Å². The van der Waals surface area contributed by atoms with Crippen molar-refractivity contribution in [1.29, 1.82) is 5.26 Å². The quantitative estimate of drug-likeness (QED) is 0.0580. The van der Waals surface area contributed by atoms with E-state index in [0.717, 1.165) is 18.2 Å². The maximum Gasteiger partial charge on any atom is 0.391 e. The first-order valence-corrected chi connectivity index (χ1v) is 25.2. The average Bonchev–Trinajstić information content (AvgIpc) is 3.82. The summed E-state index contributed by atoms with van der Waals surface area (Å²) < 4.78 is 72.9. The first-order valence-electron chi connectivity index (χ1n) is 21.2. The molecule has 2 amide bonds. The molecule has 2 aliphatic heterocycles. The van der Waals surface area contributed by atoms with Crippen LogP contribution in [0.25, 0.3) is 32.7 Å². The molecule has 21 nitrogen and oxygen atoms in total. The number of hydrogen-bond acceptors (Lipinski definition) is 14. The number of carboxylic acids is 4. The summed E-state index contributed by atoms with van der Waals surface area (Å²) in [5.74, 6) is -8.99. The van der Waals surface area contributed by atoms with Crippen LogP contribution in [0, 0.1) is 17.1 Å². The summed E-state index contributed by atoms with van der Waals surface area (Å²) in [5, 5.41) is 55.0. The second-order valence-corrected chi connectivity index (χ2v) is 20.7. The summed E-state index contributed by atoms with van der Waals surface area (Å²) in [6, 6.07) is 13.9. The van der Waals surface area contributed by atoms with Gasteiger partial charge in [-0.2, -0.15) is 9.98 Å². The SMILES string of the molecule is N#Cc1ccc(OP(=O)(O)CNS(=O)(=O)c2ccc(-c3ccc(-c4cc5c(CC(=O)O)c(c4CC(=O)O)C(=O)NCCCO5)c(-c4cc5c(CC(=O)O)c(c4CC(=O)O)C(=O)NCCCO5)c3)s2)cc1F. The van der Waals surface area contributed by atoms with Crippen molar-refractivity contribution in [1.82, 2.24) is 15.4 Å². The van der Waals surface area contributed by atoms with Gasteiger partial charge in [-0.3, -0.25) is 28.8 Å². The minimum atomic E-state index is -4.84. The van der Waals surface area contributed by atoms with Crippen LogP contribution < -0.4 is 29.4 Å². The summed E-state index contributed by atoms with van der Waals surface area (Å²) in [4.78, 5) is 88.7. The molecule has 1 atom stereocenters. The van der Waals surface area contributed by atoms with Crippen LogP contribution in [0.1, 0.15) is 61.4 Å². The lowest BCUT2D eigenvalue weighted by Crippen LogP contribution is -2.28. The third kappa shape index (κ3) is 11.7. The topological polar surface area (TPSA) is 342 Å². The van der Waals surface area contributed by atoms with Gasteiger partial charge >= 0.3 is 31.5 Å². The van der Waals surface area contributed by atoms with Crippen molar-refractivity contribution in [3.63, 3.8) is 0 Å². The Kier molecular flexibility index (Phi) is 15.2. The maximum atomic E-state index is 14.1. The fourth-order valence-corrected chi connectivity index (χ4v) is 11.9. The molecular weight excluding hydrogens is 995 g/mol. The number of fused-ring (bicyclic) bond motifs is 4. The van der Waals surface area contributed by atoms with Crippen LogP contribution in [0.5, 0.6) is 17.2 Å². The van der Waals surface area contributed by atoms with Crippen molar-refractivity contribution in [2.24, 2.45) is 0 Å². The van der Waals surface area contributed by atoms with E-state index in [2.05, 4.69) is 10.6 Å². The number of amides is 2. The third-order valence-corrected chi connectivity index (χ3v) is 15.3. The minimum absolute atomic E-state index is 0.00291. The molecule has 0 radical (unpaired) electrons. The second-order valence-electron chi connectivity index (χ2n) is 15.9. The summed E-state index contributed by atoms with van der Waals surface area (Å²) >= 11 is 0.662. The van der Waals surface area contributed by atoms with E-state index >= 15 is 0 Å². The zero-order valence-corrected chi connectivity index (χ0v) is 39.3. The Balaban J connectivity index is 1.45. The molecular formula is C46H40FN4O17PS2. The first kappa shape index (κ1) is 51.2. The third-order valence-electron chi connectivity index (χ3n) is 11.0. The number of aliphatic carboxylic acids is 4. The van der Waals surface area contributed by atoms with E-state index in [9.17, 15) is 71.5 Å². The highest BCUT2D eigenvalue weighted by molar-refractivity contribution is 7.92. The van der Waals surface area contributed by atoms with E-state index in [1.165, 1.54) is 36.4 Å². The van der Waals surface area contributed by atoms with Gasteiger partial charge in [0.2, 0.25) is 0 Å². The lowest BCUT2D eigenvalue weighted by atomic mass is 9.81. The van der Waals surface area contributed by atoms with Crippen LogP contribution in [0.3, 0.4) is 0 Å². The molecule has 8 N–H and O–H groups in total. The summed E-state index contributed by atoms with van der Waals surface area (Å²) in [6.45, 7) is 0.0820. The number of nitrogens with one attached hydrogen (secondary N) is 3. The smallest absolute Gasteiger partial charge is 0.391 e. The Morgan fingerprint density at radius 2 is 1.25 bits per heavy atom. The van der Waals surface area contributed by atoms with Crippen molar-refractivity contribution in [2.75, 3.05) is 32.6 Å². The monoisotopic (exact) mass is 1030 g/mol. The number of benzene rings is 4. The van der Waals surface area contributed by atoms with E-state index in [0.29, 0.717) is 17.4 Å². The van der Waals surface area contributed by atoms with E-state index in [1.54, 1.807) is 6.07 Å². The number of halogens is 1. The maximum absolute atomic E-state index is 14.1. The predicted octanol–water partition coefficient (Wildman–Crippen LogP) is 4.79. The van der Waals surface area contributed by atoms with E-state index < -0.39 is 96.8 Å². The molecule has 3 heterocycles. The van der Waals surface area contributed by atoms with E-state index in [4.69, 9.17) is 19.3 Å². The highest BCUT2D eigenvalue weighted by Gasteiger charge is 2.33. The molecule has 0 saturated heterocycles. The molecule has 370 valence electrons. The Bertz CT molecular complexity index is 3260. The van der Waals surface area contributed by atoms with Crippen molar-refractivity contribution in [3.8, 4) is 56.0 Å². The molecule has 4 bridgehead atoms. The Labute approximate surface area is 406 Å². The van der Waals surface area contributed by atoms with Gasteiger partial charge in [0.1, 0.15) is 39.6 Å². The number of thiophene rings is 1.